The number of rotatable bonds is 5. The predicted molar refractivity (Wildman–Crippen MR) is 77.3 cm³/mol. The molecule has 1 N–H and O–H groups in total. The van der Waals surface area contributed by atoms with Crippen molar-refractivity contribution < 1.29 is 0 Å². The fourth-order valence-electron chi connectivity index (χ4n) is 2.76. The Labute approximate surface area is 108 Å². The second-order valence-electron chi connectivity index (χ2n) is 5.87. The lowest BCUT2D eigenvalue weighted by Crippen LogP contribution is -2.39. The molecule has 0 aromatic heterocycles. The number of nitrogens with one attached hydrogen (secondary N) is 1. The van der Waals surface area contributed by atoms with Crippen LogP contribution in [0.25, 0.3) is 0 Å². The van der Waals surface area contributed by atoms with Crippen molar-refractivity contribution in [2.24, 2.45) is 11.8 Å². The highest BCUT2D eigenvalue weighted by molar-refractivity contribution is 5.13. The van der Waals surface area contributed by atoms with Crippen molar-refractivity contribution in [3.63, 3.8) is 0 Å². The molecule has 0 saturated carbocycles. The third kappa shape index (κ3) is 4.83. The minimum atomic E-state index is 0.609. The Balaban J connectivity index is 2.72. The molecular formula is C16H31N. The van der Waals surface area contributed by atoms with Crippen LogP contribution in [0.1, 0.15) is 66.2 Å². The summed E-state index contributed by atoms with van der Waals surface area (Å²) in [4.78, 5) is 0. The van der Waals surface area contributed by atoms with E-state index >= 15 is 0 Å². The zero-order valence-corrected chi connectivity index (χ0v) is 12.3. The van der Waals surface area contributed by atoms with Crippen molar-refractivity contribution in [1.29, 1.82) is 0 Å². The van der Waals surface area contributed by atoms with Crippen LogP contribution >= 0.6 is 0 Å². The Morgan fingerprint density at radius 1 is 1.12 bits per heavy atom. The molecule has 0 fully saturated rings. The molecule has 0 heterocycles. The molecule has 0 aromatic carbocycles. The van der Waals surface area contributed by atoms with Gasteiger partial charge in [-0.05, 0) is 44.1 Å². The van der Waals surface area contributed by atoms with E-state index in [2.05, 4.69) is 39.1 Å². The van der Waals surface area contributed by atoms with E-state index in [0.29, 0.717) is 6.04 Å². The molecule has 0 saturated heterocycles. The van der Waals surface area contributed by atoms with Gasteiger partial charge in [0.15, 0.2) is 0 Å². The van der Waals surface area contributed by atoms with Crippen molar-refractivity contribution in [2.75, 3.05) is 6.54 Å². The Hall–Kier alpha value is -0.300. The first-order chi connectivity index (χ1) is 8.16. The van der Waals surface area contributed by atoms with Crippen molar-refractivity contribution in [3.8, 4) is 0 Å². The molecule has 0 aromatic rings. The fourth-order valence-corrected chi connectivity index (χ4v) is 2.76. The van der Waals surface area contributed by atoms with Crippen LogP contribution in [0.4, 0.5) is 0 Å². The third-order valence-electron chi connectivity index (χ3n) is 4.23. The lowest BCUT2D eigenvalue weighted by Gasteiger charge is -2.31. The van der Waals surface area contributed by atoms with Crippen LogP contribution in [0.2, 0.25) is 0 Å². The van der Waals surface area contributed by atoms with E-state index in [9.17, 15) is 0 Å². The van der Waals surface area contributed by atoms with E-state index in [1.54, 1.807) is 5.57 Å². The highest BCUT2D eigenvalue weighted by Gasteiger charge is 2.22. The highest BCUT2D eigenvalue weighted by atomic mass is 14.9. The summed E-state index contributed by atoms with van der Waals surface area (Å²) in [6.45, 7) is 10.4. The summed E-state index contributed by atoms with van der Waals surface area (Å²) in [7, 11) is 0. The Bertz CT molecular complexity index is 230. The van der Waals surface area contributed by atoms with Gasteiger partial charge >= 0.3 is 0 Å². The van der Waals surface area contributed by atoms with Gasteiger partial charge in [-0.2, -0.15) is 0 Å². The van der Waals surface area contributed by atoms with Gasteiger partial charge in [-0.1, -0.05) is 52.2 Å². The minimum absolute atomic E-state index is 0.609. The number of allylic oxidation sites excluding steroid dienone is 1. The van der Waals surface area contributed by atoms with Gasteiger partial charge in [0, 0.05) is 6.04 Å². The van der Waals surface area contributed by atoms with Crippen LogP contribution in [-0.4, -0.2) is 12.6 Å². The SMILES string of the molecule is CCNC(C1=CCCCCCC1)C(C)C(C)C. The highest BCUT2D eigenvalue weighted by Crippen LogP contribution is 2.26. The largest absolute Gasteiger partial charge is 0.310 e. The van der Waals surface area contributed by atoms with E-state index in [4.69, 9.17) is 0 Å². The van der Waals surface area contributed by atoms with Crippen LogP contribution in [-0.2, 0) is 0 Å². The minimum Gasteiger partial charge on any atom is -0.310 e. The second-order valence-corrected chi connectivity index (χ2v) is 5.87. The maximum absolute atomic E-state index is 3.71. The normalized spacial score (nSPS) is 21.6. The molecule has 1 rings (SSSR count). The van der Waals surface area contributed by atoms with Crippen LogP contribution in [0.15, 0.2) is 11.6 Å². The molecule has 1 aliphatic carbocycles. The van der Waals surface area contributed by atoms with E-state index in [0.717, 1.165) is 18.4 Å². The summed E-state index contributed by atoms with van der Waals surface area (Å²) in [6, 6.07) is 0.609. The average molecular weight is 237 g/mol. The van der Waals surface area contributed by atoms with E-state index in [-0.39, 0.29) is 0 Å². The zero-order chi connectivity index (χ0) is 12.7. The summed E-state index contributed by atoms with van der Waals surface area (Å²) < 4.78 is 0. The first-order valence-electron chi connectivity index (χ1n) is 7.59. The van der Waals surface area contributed by atoms with E-state index in [1.807, 2.05) is 0 Å². The standard InChI is InChI=1S/C16H31N/c1-5-17-16(14(4)13(2)3)15-11-9-7-6-8-10-12-15/h11,13-14,16-17H,5-10,12H2,1-4H3. The topological polar surface area (TPSA) is 12.0 Å². The van der Waals surface area contributed by atoms with E-state index < -0.39 is 0 Å². The first kappa shape index (κ1) is 14.8. The van der Waals surface area contributed by atoms with Crippen molar-refractivity contribution in [1.82, 2.24) is 5.32 Å². The Morgan fingerprint density at radius 3 is 2.47 bits per heavy atom. The molecule has 100 valence electrons. The van der Waals surface area contributed by atoms with Crippen LogP contribution < -0.4 is 5.32 Å². The summed E-state index contributed by atoms with van der Waals surface area (Å²) in [6.07, 6.45) is 10.8. The van der Waals surface area contributed by atoms with Gasteiger partial charge in [-0.15, -0.1) is 0 Å². The molecule has 0 amide bonds. The van der Waals surface area contributed by atoms with Crippen molar-refractivity contribution in [3.05, 3.63) is 11.6 Å². The summed E-state index contributed by atoms with van der Waals surface area (Å²) in [5.41, 5.74) is 1.69. The zero-order valence-electron chi connectivity index (χ0n) is 12.3. The molecule has 0 aliphatic heterocycles. The number of hydrogen-bond donors (Lipinski definition) is 1. The van der Waals surface area contributed by atoms with Gasteiger partial charge in [0.1, 0.15) is 0 Å². The molecular weight excluding hydrogens is 206 g/mol. The molecule has 1 heteroatoms. The molecule has 0 bridgehead atoms. The number of likely N-dealkylation sites (N-methyl/N-ethyl adjacent to an activating group) is 1. The monoisotopic (exact) mass is 237 g/mol. The molecule has 0 radical (unpaired) electrons. The van der Waals surface area contributed by atoms with Gasteiger partial charge in [0.25, 0.3) is 0 Å². The van der Waals surface area contributed by atoms with E-state index in [1.165, 1.54) is 38.5 Å². The van der Waals surface area contributed by atoms with Crippen molar-refractivity contribution >= 4 is 0 Å². The molecule has 17 heavy (non-hydrogen) atoms. The van der Waals surface area contributed by atoms with Gasteiger partial charge in [-0.3, -0.25) is 0 Å². The summed E-state index contributed by atoms with van der Waals surface area (Å²) in [5, 5.41) is 3.71. The Kier molecular flexibility index (Phi) is 6.87. The maximum Gasteiger partial charge on any atom is 0.0307 e. The summed E-state index contributed by atoms with van der Waals surface area (Å²) in [5.74, 6) is 1.49. The number of hydrogen-bond acceptors (Lipinski definition) is 1. The molecule has 1 aliphatic rings. The molecule has 2 unspecified atom stereocenters. The second kappa shape index (κ2) is 7.92. The molecule has 1 nitrogen and oxygen atoms in total. The fraction of sp³-hybridized carbons (Fsp3) is 0.875. The van der Waals surface area contributed by atoms with Gasteiger partial charge in [-0.25, -0.2) is 0 Å². The van der Waals surface area contributed by atoms with Gasteiger partial charge < -0.3 is 5.32 Å². The van der Waals surface area contributed by atoms with Crippen LogP contribution in [0.3, 0.4) is 0 Å². The Morgan fingerprint density at radius 2 is 1.82 bits per heavy atom. The smallest absolute Gasteiger partial charge is 0.0307 e. The van der Waals surface area contributed by atoms with Gasteiger partial charge in [0.05, 0.1) is 0 Å². The quantitative estimate of drug-likeness (QED) is 0.692. The lowest BCUT2D eigenvalue weighted by atomic mass is 9.82. The maximum atomic E-state index is 3.71. The van der Waals surface area contributed by atoms with Crippen LogP contribution in [0.5, 0.6) is 0 Å². The average Bonchev–Trinajstić information content (AvgIpc) is 2.25. The third-order valence-corrected chi connectivity index (χ3v) is 4.23. The molecule has 2 atom stereocenters. The van der Waals surface area contributed by atoms with Crippen molar-refractivity contribution in [2.45, 2.75) is 72.3 Å². The summed E-state index contributed by atoms with van der Waals surface area (Å²) >= 11 is 0. The first-order valence-corrected chi connectivity index (χ1v) is 7.59. The molecule has 0 spiro atoms. The lowest BCUT2D eigenvalue weighted by molar-refractivity contribution is 0.324. The van der Waals surface area contributed by atoms with Crippen LogP contribution in [0, 0.1) is 11.8 Å². The van der Waals surface area contributed by atoms with Gasteiger partial charge in [0.2, 0.25) is 0 Å². The predicted octanol–water partition coefficient (Wildman–Crippen LogP) is 4.54.